The molecular formula is C12H4Cl2Na4O14S5. The number of sulfone groups is 1. The van der Waals surface area contributed by atoms with Crippen molar-refractivity contribution in [1.29, 1.82) is 0 Å². The molecule has 0 aliphatic heterocycles. The van der Waals surface area contributed by atoms with E-state index < -0.39 is 75.9 Å². The fourth-order valence-corrected chi connectivity index (χ4v) is 5.16. The van der Waals surface area contributed by atoms with Gasteiger partial charge in [0.1, 0.15) is 30.1 Å². The number of halogens is 2. The van der Waals surface area contributed by atoms with Gasteiger partial charge in [0.2, 0.25) is 0 Å². The normalized spacial score (nSPS) is 10.1. The third kappa shape index (κ3) is 18.2. The first-order chi connectivity index (χ1) is 14.7. The Labute approximate surface area is 313 Å². The molecule has 0 N–H and O–H groups in total. The molecule has 0 saturated carbocycles. The molecule has 184 valence electrons. The topological polar surface area (TPSA) is 251 Å². The molecule has 0 atom stereocenters. The molecule has 0 saturated heterocycles. The number of benzene rings is 2. The van der Waals surface area contributed by atoms with Crippen LogP contribution in [-0.4, -0.2) is 59.6 Å². The fraction of sp³-hybridized carbons (Fsp3) is 0. The van der Waals surface area contributed by atoms with E-state index in [1.165, 1.54) is 0 Å². The van der Waals surface area contributed by atoms with Crippen molar-refractivity contribution in [3.05, 3.63) is 46.4 Å². The van der Waals surface area contributed by atoms with Crippen LogP contribution in [0.5, 0.6) is 0 Å². The van der Waals surface area contributed by atoms with Crippen LogP contribution in [0.2, 0.25) is 10.0 Å². The van der Waals surface area contributed by atoms with E-state index in [0.29, 0.717) is 12.1 Å². The Morgan fingerprint density at radius 1 is 0.622 bits per heavy atom. The van der Waals surface area contributed by atoms with E-state index in [1.807, 2.05) is 0 Å². The van der Waals surface area contributed by atoms with Gasteiger partial charge in [-0.1, -0.05) is 11.6 Å². The molecule has 25 heteroatoms. The van der Waals surface area contributed by atoms with Gasteiger partial charge in [0.05, 0.1) is 19.7 Å². The molecule has 2 aromatic carbocycles. The van der Waals surface area contributed by atoms with Gasteiger partial charge >= 0.3 is 139 Å². The summed E-state index contributed by atoms with van der Waals surface area (Å²) >= 11 is 11.0. The molecule has 14 nitrogen and oxygen atoms in total. The second-order valence-electron chi connectivity index (χ2n) is 4.85. The van der Waals surface area contributed by atoms with Crippen LogP contribution in [0.1, 0.15) is 0 Å². The molecular weight excluding hydrogens is 691 g/mol. The van der Waals surface area contributed by atoms with E-state index in [9.17, 15) is 34.4 Å². The average molecular weight is 695 g/mol. The van der Waals surface area contributed by atoms with Gasteiger partial charge in [-0.25, -0.2) is 30.3 Å². The molecule has 0 bridgehead atoms. The molecule has 0 heterocycles. The summed E-state index contributed by atoms with van der Waals surface area (Å²) in [6.07, 6.45) is 0. The average Bonchev–Trinajstić information content (AvgIpc) is 2.59. The van der Waals surface area contributed by atoms with E-state index in [2.05, 4.69) is 12.1 Å². The largest absolute Gasteiger partial charge is 1.00 e. The van der Waals surface area contributed by atoms with E-state index >= 15 is 0 Å². The third-order valence-electron chi connectivity index (χ3n) is 2.82. The first-order valence-electron chi connectivity index (χ1n) is 6.84. The predicted molar refractivity (Wildman–Crippen MR) is 101 cm³/mol. The smallest absolute Gasteiger partial charge is 0.744 e. The van der Waals surface area contributed by atoms with E-state index in [1.54, 1.807) is 0 Å². The molecule has 0 unspecified atom stereocenters. The van der Waals surface area contributed by atoms with Gasteiger partial charge in [-0.15, -0.1) is 36.9 Å². The van der Waals surface area contributed by atoms with Crippen molar-refractivity contribution < 1.29 is 178 Å². The fourth-order valence-electron chi connectivity index (χ4n) is 1.71. The predicted octanol–water partition coefficient (Wildman–Crippen LogP) is -12.8. The van der Waals surface area contributed by atoms with Gasteiger partial charge in [0.25, 0.3) is 0 Å². The molecule has 2 aromatic rings. The first kappa shape index (κ1) is 48.7. The second kappa shape index (κ2) is 20.8. The molecule has 0 spiro atoms. The molecule has 37 heavy (non-hydrogen) atoms. The summed E-state index contributed by atoms with van der Waals surface area (Å²) in [4.78, 5) is -4.13. The molecule has 0 aliphatic rings. The van der Waals surface area contributed by atoms with Crippen LogP contribution in [0.25, 0.3) is 0 Å². The van der Waals surface area contributed by atoms with Crippen LogP contribution in [-0.2, 0) is 51.3 Å². The Hall–Kier alpha value is 2.03. The van der Waals surface area contributed by atoms with Gasteiger partial charge in [-0.3, -0.25) is 12.1 Å². The summed E-state index contributed by atoms with van der Waals surface area (Å²) in [5.74, 6) is 0. The number of hydrogen-bond donors (Lipinski definition) is 0. The quantitative estimate of drug-likeness (QED) is 0.164. The minimum absolute atomic E-state index is 0. The van der Waals surface area contributed by atoms with E-state index in [4.69, 9.17) is 48.5 Å². The monoisotopic (exact) mass is 694 g/mol. The van der Waals surface area contributed by atoms with Crippen molar-refractivity contribution >= 4 is 74.5 Å². The van der Waals surface area contributed by atoms with Crippen LogP contribution >= 0.6 is 23.2 Å². The minimum atomic E-state index is -5.37. The van der Waals surface area contributed by atoms with Crippen LogP contribution in [0, 0.1) is 12.1 Å². The summed E-state index contributed by atoms with van der Waals surface area (Å²) in [6.45, 7) is 0. The minimum Gasteiger partial charge on any atom is -0.744 e. The standard InChI is InChI=1S/C12H6Cl2O8S3.4Na.2O3S/c13-7-1-3-8(4-2-7)23(15,16)9-5-10(24(17,18)19)12(14)11(6-9)25(20,21)22;;;;;2*1-4(2)3/h3-6H,(H,17,18,19)(H,20,21,22);;;;;;/q-2;4*+1;;/p-2. The van der Waals surface area contributed by atoms with Gasteiger partial charge in [0.15, 0.2) is 0 Å². The Kier molecular flexibility index (Phi) is 27.4. The van der Waals surface area contributed by atoms with Crippen LogP contribution in [0.4, 0.5) is 0 Å². The summed E-state index contributed by atoms with van der Waals surface area (Å²) in [6, 6.07) is 7.20. The van der Waals surface area contributed by atoms with E-state index in [-0.39, 0.29) is 123 Å². The molecule has 2 rings (SSSR count). The SMILES string of the molecule is O=S(=O)([O-])c1cc(S(=O)(=O)c2c[c-]c(Cl)[c-]c2)cc(S(=O)(=O)[O-])c1Cl.O=S(=O)=O.O=S(=O)=O.[Na+].[Na+].[Na+].[Na+]. The zero-order valence-corrected chi connectivity index (χ0v) is 32.4. The van der Waals surface area contributed by atoms with Crippen molar-refractivity contribution in [2.24, 2.45) is 0 Å². The van der Waals surface area contributed by atoms with Crippen molar-refractivity contribution in [3.8, 4) is 0 Å². The maximum atomic E-state index is 12.5. The molecule has 0 aromatic heterocycles. The Morgan fingerprint density at radius 3 is 1.14 bits per heavy atom. The summed E-state index contributed by atoms with van der Waals surface area (Å²) in [5.41, 5.74) is 0. The summed E-state index contributed by atoms with van der Waals surface area (Å²) < 4.78 is 143. The van der Waals surface area contributed by atoms with Gasteiger partial charge in [-0.2, -0.15) is 4.90 Å². The van der Waals surface area contributed by atoms with E-state index in [0.717, 1.165) is 12.1 Å². The molecule has 0 radical (unpaired) electrons. The van der Waals surface area contributed by atoms with Crippen LogP contribution in [0.15, 0.2) is 43.8 Å². The second-order valence-corrected chi connectivity index (χ2v) is 11.1. The van der Waals surface area contributed by atoms with Gasteiger partial charge < -0.3 is 21.2 Å². The van der Waals surface area contributed by atoms with Crippen LogP contribution < -0.4 is 118 Å². The summed E-state index contributed by atoms with van der Waals surface area (Å²) in [7, 11) is -21.5. The zero-order valence-electron chi connectivity index (χ0n) is 18.8. The van der Waals surface area contributed by atoms with Crippen molar-refractivity contribution in [1.82, 2.24) is 0 Å². The third-order valence-corrected chi connectivity index (χ3v) is 7.10. The molecule has 0 aliphatic carbocycles. The molecule has 0 fully saturated rings. The maximum Gasteiger partial charge on any atom is 1.00 e. The Morgan fingerprint density at radius 2 is 0.892 bits per heavy atom. The Bertz CT molecular complexity index is 1500. The van der Waals surface area contributed by atoms with Crippen molar-refractivity contribution in [2.75, 3.05) is 0 Å². The summed E-state index contributed by atoms with van der Waals surface area (Å²) in [5, 5.41) is -1.22. The zero-order chi connectivity index (χ0) is 26.4. The number of hydrogen-bond acceptors (Lipinski definition) is 14. The maximum absolute atomic E-state index is 12.5. The van der Waals surface area contributed by atoms with Crippen molar-refractivity contribution in [2.45, 2.75) is 19.6 Å². The van der Waals surface area contributed by atoms with Crippen molar-refractivity contribution in [3.63, 3.8) is 0 Å². The Balaban J connectivity index is -0.000000251. The first-order valence-corrected chi connectivity index (χ1v) is 13.9. The van der Waals surface area contributed by atoms with Gasteiger partial charge in [-0.05, 0) is 12.1 Å². The van der Waals surface area contributed by atoms with Gasteiger partial charge in [0, 0.05) is 0 Å². The molecule has 0 amide bonds. The number of rotatable bonds is 4. The van der Waals surface area contributed by atoms with Crippen LogP contribution in [0.3, 0.4) is 0 Å².